The lowest BCUT2D eigenvalue weighted by molar-refractivity contribution is -0.112. The molecule has 8 heteroatoms. The fourth-order valence-electron chi connectivity index (χ4n) is 7.03. The summed E-state index contributed by atoms with van der Waals surface area (Å²) < 4.78 is 44.5. The molecular formula is C20H23ClFNO4S. The van der Waals surface area contributed by atoms with Crippen LogP contribution in [0.5, 0.6) is 5.75 Å². The first-order chi connectivity index (χ1) is 13.1. The standard InChI is InChI=1S/C20H23ClFNO4S/c1-28(25,26)23-18(24)13-3-15(21)17(4-16(13)22)27-10-19-5-11-2-12-7-20(6-11,9-19)14(12)8-19/h3-4,11-12,14H,2,5-10H2,1H3,(H,23,24). The van der Waals surface area contributed by atoms with E-state index in [9.17, 15) is 17.6 Å². The van der Waals surface area contributed by atoms with E-state index in [1.807, 2.05) is 0 Å². The van der Waals surface area contributed by atoms with Gasteiger partial charge in [0.25, 0.3) is 5.91 Å². The number of rotatable bonds is 5. The number of halogens is 2. The second kappa shape index (κ2) is 5.85. The van der Waals surface area contributed by atoms with Gasteiger partial charge < -0.3 is 4.74 Å². The summed E-state index contributed by atoms with van der Waals surface area (Å²) in [6.07, 6.45) is 8.50. The Morgan fingerprint density at radius 2 is 2.11 bits per heavy atom. The van der Waals surface area contributed by atoms with Crippen molar-refractivity contribution in [3.63, 3.8) is 0 Å². The number of ether oxygens (including phenoxy) is 1. The number of benzene rings is 1. The topological polar surface area (TPSA) is 72.5 Å². The van der Waals surface area contributed by atoms with Gasteiger partial charge in [-0.05, 0) is 67.8 Å². The Bertz CT molecular complexity index is 981. The quantitative estimate of drug-likeness (QED) is 0.776. The molecule has 6 rings (SSSR count). The summed E-state index contributed by atoms with van der Waals surface area (Å²) in [4.78, 5) is 11.9. The molecule has 0 heterocycles. The van der Waals surface area contributed by atoms with E-state index in [1.54, 1.807) is 4.72 Å². The van der Waals surface area contributed by atoms with Crippen LogP contribution in [0.15, 0.2) is 12.1 Å². The van der Waals surface area contributed by atoms with Gasteiger partial charge in [0.2, 0.25) is 10.0 Å². The Morgan fingerprint density at radius 1 is 1.32 bits per heavy atom. The molecule has 5 aliphatic rings. The highest BCUT2D eigenvalue weighted by Gasteiger charge is 2.69. The van der Waals surface area contributed by atoms with Crippen LogP contribution >= 0.6 is 11.6 Å². The number of carbonyl (C=O) groups excluding carboxylic acids is 1. The fraction of sp³-hybridized carbons (Fsp3) is 0.650. The maximum absolute atomic E-state index is 14.4. The molecule has 0 saturated heterocycles. The molecule has 5 unspecified atom stereocenters. The van der Waals surface area contributed by atoms with Crippen LogP contribution in [0.2, 0.25) is 5.02 Å². The molecule has 152 valence electrons. The Morgan fingerprint density at radius 3 is 2.86 bits per heavy atom. The van der Waals surface area contributed by atoms with E-state index in [0.717, 1.165) is 36.1 Å². The van der Waals surface area contributed by atoms with E-state index in [-0.39, 0.29) is 16.2 Å². The molecular weight excluding hydrogens is 405 g/mol. The van der Waals surface area contributed by atoms with Gasteiger partial charge in [-0.15, -0.1) is 0 Å². The lowest BCUT2D eigenvalue weighted by Gasteiger charge is -2.60. The smallest absolute Gasteiger partial charge is 0.267 e. The van der Waals surface area contributed by atoms with Gasteiger partial charge in [-0.3, -0.25) is 4.79 Å². The first-order valence-corrected chi connectivity index (χ1v) is 12.0. The van der Waals surface area contributed by atoms with Crippen LogP contribution in [-0.4, -0.2) is 27.2 Å². The van der Waals surface area contributed by atoms with E-state index in [4.69, 9.17) is 16.3 Å². The van der Waals surface area contributed by atoms with Crippen LogP contribution in [0.4, 0.5) is 4.39 Å². The van der Waals surface area contributed by atoms with Crippen LogP contribution in [0.3, 0.4) is 0 Å². The zero-order valence-electron chi connectivity index (χ0n) is 15.6. The molecule has 5 nitrogen and oxygen atoms in total. The molecule has 5 aliphatic carbocycles. The minimum atomic E-state index is -3.79. The maximum atomic E-state index is 14.4. The van der Waals surface area contributed by atoms with Crippen molar-refractivity contribution >= 4 is 27.5 Å². The molecule has 1 N–H and O–H groups in total. The van der Waals surface area contributed by atoms with Crippen molar-refractivity contribution in [2.24, 2.45) is 28.6 Å². The SMILES string of the molecule is CS(=O)(=O)NC(=O)c1cc(Cl)c(OCC23CC4CC5CC(C4)(C2)C5C3)cc1F. The molecule has 0 radical (unpaired) electrons. The van der Waals surface area contributed by atoms with E-state index in [0.29, 0.717) is 12.0 Å². The third kappa shape index (κ3) is 2.84. The summed E-state index contributed by atoms with van der Waals surface area (Å²) in [7, 11) is -3.79. The number of sulfonamides is 1. The highest BCUT2D eigenvalue weighted by atomic mass is 35.5. The number of amides is 1. The van der Waals surface area contributed by atoms with Gasteiger partial charge in [0.05, 0.1) is 23.4 Å². The van der Waals surface area contributed by atoms with Crippen LogP contribution in [0.25, 0.3) is 0 Å². The molecule has 0 aliphatic heterocycles. The van der Waals surface area contributed by atoms with Crippen LogP contribution in [0.1, 0.15) is 48.9 Å². The van der Waals surface area contributed by atoms with E-state index >= 15 is 0 Å². The van der Waals surface area contributed by atoms with Crippen molar-refractivity contribution in [3.05, 3.63) is 28.5 Å². The third-order valence-electron chi connectivity index (χ3n) is 7.54. The van der Waals surface area contributed by atoms with Gasteiger partial charge in [0, 0.05) is 11.5 Å². The summed E-state index contributed by atoms with van der Waals surface area (Å²) >= 11 is 6.22. The van der Waals surface area contributed by atoms with E-state index < -0.39 is 27.3 Å². The van der Waals surface area contributed by atoms with Crippen molar-refractivity contribution in [1.82, 2.24) is 4.72 Å². The zero-order chi connectivity index (χ0) is 19.9. The second-order valence-corrected chi connectivity index (χ2v) is 11.7. The molecule has 1 aromatic rings. The Labute approximate surface area is 169 Å². The maximum Gasteiger partial charge on any atom is 0.267 e. The van der Waals surface area contributed by atoms with Gasteiger partial charge in [0.1, 0.15) is 11.6 Å². The highest BCUT2D eigenvalue weighted by Crippen LogP contribution is 2.78. The summed E-state index contributed by atoms with van der Waals surface area (Å²) in [5.74, 6) is 0.834. The summed E-state index contributed by atoms with van der Waals surface area (Å²) in [6, 6.07) is 2.21. The Hall–Kier alpha value is -1.34. The van der Waals surface area contributed by atoms with Crippen LogP contribution in [0, 0.1) is 34.4 Å². The average molecular weight is 428 g/mol. The van der Waals surface area contributed by atoms with Crippen LogP contribution < -0.4 is 9.46 Å². The van der Waals surface area contributed by atoms with Crippen molar-refractivity contribution in [2.45, 2.75) is 38.5 Å². The molecule has 28 heavy (non-hydrogen) atoms. The molecule has 1 spiro atoms. The second-order valence-electron chi connectivity index (χ2n) is 9.58. The van der Waals surface area contributed by atoms with Crippen molar-refractivity contribution in [3.8, 4) is 5.75 Å². The fourth-order valence-corrected chi connectivity index (χ4v) is 7.69. The minimum Gasteiger partial charge on any atom is -0.491 e. The van der Waals surface area contributed by atoms with Crippen molar-refractivity contribution in [2.75, 3.05) is 12.9 Å². The molecule has 5 fully saturated rings. The third-order valence-corrected chi connectivity index (χ3v) is 8.39. The normalized spacial score (nSPS) is 37.5. The van der Waals surface area contributed by atoms with Crippen molar-refractivity contribution < 1.29 is 22.3 Å². The molecule has 5 atom stereocenters. The lowest BCUT2D eigenvalue weighted by Crippen LogP contribution is -2.52. The zero-order valence-corrected chi connectivity index (χ0v) is 17.2. The summed E-state index contributed by atoms with van der Waals surface area (Å²) in [5, 5.41) is 0.104. The first-order valence-electron chi connectivity index (χ1n) is 9.72. The van der Waals surface area contributed by atoms with Gasteiger partial charge in [-0.25, -0.2) is 17.5 Å². The number of fused-ring (bicyclic) bond motifs is 1. The van der Waals surface area contributed by atoms with Crippen LogP contribution in [-0.2, 0) is 10.0 Å². The molecule has 0 aromatic heterocycles. The monoisotopic (exact) mass is 427 g/mol. The first kappa shape index (κ1) is 18.7. The van der Waals surface area contributed by atoms with Gasteiger partial charge in [0.15, 0.2) is 0 Å². The largest absolute Gasteiger partial charge is 0.491 e. The van der Waals surface area contributed by atoms with Gasteiger partial charge >= 0.3 is 0 Å². The number of carbonyl (C=O) groups is 1. The minimum absolute atomic E-state index is 0.104. The van der Waals surface area contributed by atoms with Gasteiger partial charge in [-0.1, -0.05) is 11.6 Å². The van der Waals surface area contributed by atoms with Gasteiger partial charge in [-0.2, -0.15) is 0 Å². The number of nitrogens with one attached hydrogen (secondary N) is 1. The Balaban J connectivity index is 1.33. The number of hydrogen-bond donors (Lipinski definition) is 1. The molecule has 1 amide bonds. The highest BCUT2D eigenvalue weighted by molar-refractivity contribution is 7.89. The number of hydrogen-bond acceptors (Lipinski definition) is 4. The van der Waals surface area contributed by atoms with Crippen molar-refractivity contribution in [1.29, 1.82) is 0 Å². The predicted molar refractivity (Wildman–Crippen MR) is 102 cm³/mol. The van der Waals surface area contributed by atoms with E-state index in [1.165, 1.54) is 38.5 Å². The average Bonchev–Trinajstić information content (AvgIpc) is 2.69. The summed E-state index contributed by atoms with van der Waals surface area (Å²) in [5.41, 5.74) is 0.278. The molecule has 1 aromatic carbocycles. The predicted octanol–water partition coefficient (Wildman–Crippen LogP) is 3.76. The summed E-state index contributed by atoms with van der Waals surface area (Å²) in [6.45, 7) is 0.516. The molecule has 5 saturated carbocycles. The van der Waals surface area contributed by atoms with E-state index in [2.05, 4.69) is 0 Å². The molecule has 4 bridgehead atoms. The lowest BCUT2D eigenvalue weighted by atomic mass is 9.44. The Kier molecular flexibility index (Phi) is 3.90.